The highest BCUT2D eigenvalue weighted by Gasteiger charge is 2.18. The number of halogens is 2. The van der Waals surface area contributed by atoms with E-state index in [0.29, 0.717) is 5.69 Å². The minimum Gasteiger partial charge on any atom is -0.508 e. The molecule has 19 heavy (non-hydrogen) atoms. The number of rotatable bonds is 2. The molecule has 2 rings (SSSR count). The highest BCUT2D eigenvalue weighted by Crippen LogP contribution is 2.21. The molecule has 0 aliphatic heterocycles. The molecule has 4 nitrogen and oxygen atoms in total. The molecular weight excluding hydrogens is 271 g/mol. The first-order valence-electron chi connectivity index (χ1n) is 5.37. The Morgan fingerprint density at radius 3 is 2.63 bits per heavy atom. The molecular formula is C13H10ClFN2O2. The van der Waals surface area contributed by atoms with Crippen LogP contribution < -0.4 is 4.90 Å². The van der Waals surface area contributed by atoms with Crippen LogP contribution >= 0.6 is 11.6 Å². The summed E-state index contributed by atoms with van der Waals surface area (Å²) in [7, 11) is 1.52. The Kier molecular flexibility index (Phi) is 3.66. The minimum atomic E-state index is -0.633. The van der Waals surface area contributed by atoms with Crippen molar-refractivity contribution >= 4 is 23.2 Å². The van der Waals surface area contributed by atoms with Gasteiger partial charge in [0.05, 0.1) is 11.8 Å². The van der Waals surface area contributed by atoms with E-state index in [0.717, 1.165) is 12.3 Å². The summed E-state index contributed by atoms with van der Waals surface area (Å²) >= 11 is 5.78. The van der Waals surface area contributed by atoms with E-state index in [2.05, 4.69) is 4.98 Å². The number of anilines is 1. The highest BCUT2D eigenvalue weighted by atomic mass is 35.5. The zero-order valence-corrected chi connectivity index (χ0v) is 10.7. The Labute approximate surface area is 114 Å². The van der Waals surface area contributed by atoms with Crippen LogP contribution in [-0.4, -0.2) is 23.0 Å². The standard InChI is InChI=1S/C13H10ClFN2O2/c1-17(9-2-4-10(18)5-3-9)13(19)11-6-8(15)7-16-12(11)14/h2-7,18H,1H3. The third-order valence-electron chi connectivity index (χ3n) is 2.58. The van der Waals surface area contributed by atoms with Crippen molar-refractivity contribution in [2.75, 3.05) is 11.9 Å². The van der Waals surface area contributed by atoms with Crippen molar-refractivity contribution in [3.05, 3.63) is 53.1 Å². The SMILES string of the molecule is CN(C(=O)c1cc(F)cnc1Cl)c1ccc(O)cc1. The largest absolute Gasteiger partial charge is 0.508 e. The van der Waals surface area contributed by atoms with Crippen LogP contribution in [0.15, 0.2) is 36.5 Å². The second kappa shape index (κ2) is 5.24. The fraction of sp³-hybridized carbons (Fsp3) is 0.0769. The molecule has 0 radical (unpaired) electrons. The molecule has 1 N–H and O–H groups in total. The summed E-state index contributed by atoms with van der Waals surface area (Å²) in [6.45, 7) is 0. The Morgan fingerprint density at radius 1 is 1.37 bits per heavy atom. The van der Waals surface area contributed by atoms with Crippen LogP contribution in [0.1, 0.15) is 10.4 Å². The van der Waals surface area contributed by atoms with Crippen molar-refractivity contribution in [2.24, 2.45) is 0 Å². The number of phenols is 1. The van der Waals surface area contributed by atoms with Crippen molar-refractivity contribution < 1.29 is 14.3 Å². The van der Waals surface area contributed by atoms with Crippen molar-refractivity contribution in [3.8, 4) is 5.75 Å². The average molecular weight is 281 g/mol. The molecule has 0 bridgehead atoms. The molecule has 0 aliphatic rings. The first-order valence-corrected chi connectivity index (χ1v) is 5.75. The molecule has 0 fully saturated rings. The number of nitrogens with zero attached hydrogens (tertiary/aromatic N) is 2. The Morgan fingerprint density at radius 2 is 2.00 bits per heavy atom. The number of aromatic hydroxyl groups is 1. The van der Waals surface area contributed by atoms with Gasteiger partial charge in [-0.1, -0.05) is 11.6 Å². The first-order chi connectivity index (χ1) is 8.99. The van der Waals surface area contributed by atoms with Crippen LogP contribution in [-0.2, 0) is 0 Å². The molecule has 2 aromatic rings. The number of hydrogen-bond acceptors (Lipinski definition) is 3. The van der Waals surface area contributed by atoms with E-state index in [1.54, 1.807) is 12.1 Å². The van der Waals surface area contributed by atoms with Crippen molar-refractivity contribution in [2.45, 2.75) is 0 Å². The van der Waals surface area contributed by atoms with Crippen LogP contribution in [0.4, 0.5) is 10.1 Å². The number of phenolic OH excluding ortho intramolecular Hbond substituents is 1. The number of aromatic nitrogens is 1. The number of carbonyl (C=O) groups excluding carboxylic acids is 1. The monoisotopic (exact) mass is 280 g/mol. The molecule has 0 saturated heterocycles. The van der Waals surface area contributed by atoms with Gasteiger partial charge < -0.3 is 10.0 Å². The van der Waals surface area contributed by atoms with Gasteiger partial charge in [-0.3, -0.25) is 4.79 Å². The van der Waals surface area contributed by atoms with Crippen LogP contribution in [0.2, 0.25) is 5.15 Å². The summed E-state index contributed by atoms with van der Waals surface area (Å²) in [6.07, 6.45) is 0.944. The molecule has 0 aliphatic carbocycles. The fourth-order valence-electron chi connectivity index (χ4n) is 1.55. The predicted octanol–water partition coefficient (Wildman–Crippen LogP) is 2.86. The quantitative estimate of drug-likeness (QED) is 0.861. The Bertz CT molecular complexity index is 617. The molecule has 0 spiro atoms. The van der Waals surface area contributed by atoms with E-state index in [9.17, 15) is 14.3 Å². The van der Waals surface area contributed by atoms with E-state index >= 15 is 0 Å². The van der Waals surface area contributed by atoms with Crippen LogP contribution in [0.3, 0.4) is 0 Å². The molecule has 0 saturated carbocycles. The van der Waals surface area contributed by atoms with E-state index < -0.39 is 11.7 Å². The van der Waals surface area contributed by atoms with E-state index in [-0.39, 0.29) is 16.5 Å². The molecule has 1 aromatic heterocycles. The van der Waals surface area contributed by atoms with Gasteiger partial charge in [0.25, 0.3) is 5.91 Å². The minimum absolute atomic E-state index is 0.0164. The third kappa shape index (κ3) is 2.82. The van der Waals surface area contributed by atoms with Crippen molar-refractivity contribution in [3.63, 3.8) is 0 Å². The van der Waals surface area contributed by atoms with Gasteiger partial charge in [-0.25, -0.2) is 9.37 Å². The van der Waals surface area contributed by atoms with Gasteiger partial charge in [-0.15, -0.1) is 0 Å². The second-order valence-electron chi connectivity index (χ2n) is 3.87. The van der Waals surface area contributed by atoms with Gasteiger partial charge in [0.1, 0.15) is 16.7 Å². The molecule has 1 heterocycles. The van der Waals surface area contributed by atoms with Crippen LogP contribution in [0.25, 0.3) is 0 Å². The molecule has 0 unspecified atom stereocenters. The van der Waals surface area contributed by atoms with Crippen LogP contribution in [0.5, 0.6) is 5.75 Å². The smallest absolute Gasteiger partial charge is 0.261 e. The molecule has 1 amide bonds. The summed E-state index contributed by atoms with van der Waals surface area (Å²) in [5.41, 5.74) is 0.528. The zero-order chi connectivity index (χ0) is 14.0. The molecule has 6 heteroatoms. The average Bonchev–Trinajstić information content (AvgIpc) is 2.41. The Hall–Kier alpha value is -2.14. The molecule has 0 atom stereocenters. The van der Waals surface area contributed by atoms with Gasteiger partial charge in [0, 0.05) is 12.7 Å². The van der Waals surface area contributed by atoms with Gasteiger partial charge in [-0.2, -0.15) is 0 Å². The van der Waals surface area contributed by atoms with Crippen molar-refractivity contribution in [1.82, 2.24) is 4.98 Å². The normalized spacial score (nSPS) is 10.3. The van der Waals surface area contributed by atoms with E-state index in [1.807, 2.05) is 0 Å². The third-order valence-corrected chi connectivity index (χ3v) is 2.88. The maximum atomic E-state index is 13.1. The summed E-state index contributed by atoms with van der Waals surface area (Å²) in [4.78, 5) is 17.1. The number of amides is 1. The number of carbonyl (C=O) groups is 1. The predicted molar refractivity (Wildman–Crippen MR) is 70.0 cm³/mol. The van der Waals surface area contributed by atoms with Crippen LogP contribution in [0, 0.1) is 5.82 Å². The maximum Gasteiger partial charge on any atom is 0.261 e. The number of pyridine rings is 1. The maximum absolute atomic E-state index is 13.1. The summed E-state index contributed by atoms with van der Waals surface area (Å²) in [6, 6.07) is 7.06. The van der Waals surface area contributed by atoms with Gasteiger partial charge in [-0.05, 0) is 30.3 Å². The summed E-state index contributed by atoms with van der Waals surface area (Å²) in [5, 5.41) is 9.13. The van der Waals surface area contributed by atoms with E-state index in [1.165, 1.54) is 24.1 Å². The lowest BCUT2D eigenvalue weighted by atomic mass is 10.2. The van der Waals surface area contributed by atoms with Gasteiger partial charge in [0.15, 0.2) is 0 Å². The topological polar surface area (TPSA) is 53.4 Å². The lowest BCUT2D eigenvalue weighted by Gasteiger charge is -2.17. The lowest BCUT2D eigenvalue weighted by Crippen LogP contribution is -2.26. The zero-order valence-electron chi connectivity index (χ0n) is 9.97. The fourth-order valence-corrected chi connectivity index (χ4v) is 1.73. The second-order valence-corrected chi connectivity index (χ2v) is 4.23. The highest BCUT2D eigenvalue weighted by molar-refractivity contribution is 6.33. The lowest BCUT2D eigenvalue weighted by molar-refractivity contribution is 0.0992. The Balaban J connectivity index is 2.33. The molecule has 1 aromatic carbocycles. The first kappa shape index (κ1) is 13.3. The van der Waals surface area contributed by atoms with E-state index in [4.69, 9.17) is 11.6 Å². The molecule has 98 valence electrons. The van der Waals surface area contributed by atoms with Gasteiger partial charge >= 0.3 is 0 Å². The van der Waals surface area contributed by atoms with Gasteiger partial charge in [0.2, 0.25) is 0 Å². The number of benzene rings is 1. The summed E-state index contributed by atoms with van der Waals surface area (Å²) in [5.74, 6) is -1.02. The van der Waals surface area contributed by atoms with Crippen molar-refractivity contribution in [1.29, 1.82) is 0 Å². The summed E-state index contributed by atoms with van der Waals surface area (Å²) < 4.78 is 13.1. The number of hydrogen-bond donors (Lipinski definition) is 1.